The van der Waals surface area contributed by atoms with E-state index in [4.69, 9.17) is 5.14 Å². The predicted molar refractivity (Wildman–Crippen MR) is 80.1 cm³/mol. The molecule has 0 aliphatic heterocycles. The summed E-state index contributed by atoms with van der Waals surface area (Å²) in [5.74, 6) is 0. The number of thiazole rings is 1. The van der Waals surface area contributed by atoms with Crippen molar-refractivity contribution in [3.8, 4) is 0 Å². The molecule has 0 aliphatic carbocycles. The van der Waals surface area contributed by atoms with Crippen LogP contribution in [-0.2, 0) is 16.4 Å². The molecule has 0 fully saturated rings. The van der Waals surface area contributed by atoms with Crippen molar-refractivity contribution in [2.75, 3.05) is 6.54 Å². The van der Waals surface area contributed by atoms with Crippen LogP contribution >= 0.6 is 11.3 Å². The molecule has 2 aromatic rings. The molecule has 108 valence electrons. The SMILES string of the molecule is CC(NCCc1cscn1)c1cccc(S(N)(=O)=O)c1. The molecule has 5 nitrogen and oxygen atoms in total. The van der Waals surface area contributed by atoms with E-state index < -0.39 is 10.0 Å². The summed E-state index contributed by atoms with van der Waals surface area (Å²) in [6.45, 7) is 2.77. The molecule has 2 rings (SSSR count). The van der Waals surface area contributed by atoms with Gasteiger partial charge in [-0.15, -0.1) is 11.3 Å². The van der Waals surface area contributed by atoms with Crippen LogP contribution in [-0.4, -0.2) is 19.9 Å². The van der Waals surface area contributed by atoms with E-state index in [9.17, 15) is 8.42 Å². The maximum absolute atomic E-state index is 11.3. The van der Waals surface area contributed by atoms with Gasteiger partial charge < -0.3 is 5.32 Å². The van der Waals surface area contributed by atoms with Crippen LogP contribution in [0.4, 0.5) is 0 Å². The van der Waals surface area contributed by atoms with Crippen molar-refractivity contribution in [1.82, 2.24) is 10.3 Å². The van der Waals surface area contributed by atoms with Crippen LogP contribution in [0.2, 0.25) is 0 Å². The molecule has 3 N–H and O–H groups in total. The highest BCUT2D eigenvalue weighted by atomic mass is 32.2. The van der Waals surface area contributed by atoms with E-state index in [1.165, 1.54) is 6.07 Å². The van der Waals surface area contributed by atoms with Gasteiger partial charge >= 0.3 is 0 Å². The summed E-state index contributed by atoms with van der Waals surface area (Å²) in [6.07, 6.45) is 0.850. The lowest BCUT2D eigenvalue weighted by molar-refractivity contribution is 0.572. The maximum Gasteiger partial charge on any atom is 0.238 e. The van der Waals surface area contributed by atoms with E-state index in [1.54, 1.807) is 23.5 Å². The van der Waals surface area contributed by atoms with Gasteiger partial charge in [-0.1, -0.05) is 12.1 Å². The number of benzene rings is 1. The van der Waals surface area contributed by atoms with Crippen molar-refractivity contribution in [2.45, 2.75) is 24.3 Å². The van der Waals surface area contributed by atoms with E-state index >= 15 is 0 Å². The average molecular weight is 311 g/mol. The van der Waals surface area contributed by atoms with Gasteiger partial charge in [0.15, 0.2) is 0 Å². The number of nitrogens with one attached hydrogen (secondary N) is 1. The van der Waals surface area contributed by atoms with Gasteiger partial charge in [0.1, 0.15) is 0 Å². The van der Waals surface area contributed by atoms with Crippen LogP contribution in [0, 0.1) is 0 Å². The van der Waals surface area contributed by atoms with E-state index in [1.807, 2.05) is 23.9 Å². The number of nitrogens with zero attached hydrogens (tertiary/aromatic N) is 1. The molecule has 0 radical (unpaired) electrons. The van der Waals surface area contributed by atoms with Crippen molar-refractivity contribution in [3.63, 3.8) is 0 Å². The van der Waals surface area contributed by atoms with Gasteiger partial charge in [0.25, 0.3) is 0 Å². The largest absolute Gasteiger partial charge is 0.310 e. The van der Waals surface area contributed by atoms with E-state index in [0.29, 0.717) is 0 Å². The molecule has 0 saturated heterocycles. The van der Waals surface area contributed by atoms with Gasteiger partial charge in [-0.05, 0) is 24.6 Å². The molecular weight excluding hydrogens is 294 g/mol. The molecule has 0 amide bonds. The first-order chi connectivity index (χ1) is 9.47. The normalized spacial score (nSPS) is 13.3. The Morgan fingerprint density at radius 3 is 2.90 bits per heavy atom. The Labute approximate surface area is 122 Å². The molecule has 0 saturated carbocycles. The number of primary sulfonamides is 1. The van der Waals surface area contributed by atoms with E-state index in [-0.39, 0.29) is 10.9 Å². The standard InChI is InChI=1S/C13H17N3O2S2/c1-10(15-6-5-12-8-19-9-16-12)11-3-2-4-13(7-11)20(14,17)18/h2-4,7-10,15H,5-6H2,1H3,(H2,14,17,18). The predicted octanol–water partition coefficient (Wildman–Crippen LogP) is 1.68. The molecule has 1 aromatic carbocycles. The summed E-state index contributed by atoms with van der Waals surface area (Å²) >= 11 is 1.58. The Kier molecular flexibility index (Phi) is 4.87. The first kappa shape index (κ1) is 15.1. The molecule has 1 unspecified atom stereocenters. The number of aromatic nitrogens is 1. The summed E-state index contributed by atoms with van der Waals surface area (Å²) in [4.78, 5) is 4.36. The first-order valence-electron chi connectivity index (χ1n) is 6.20. The second kappa shape index (κ2) is 6.45. The zero-order valence-electron chi connectivity index (χ0n) is 11.1. The fourth-order valence-corrected chi connectivity index (χ4v) is 3.02. The van der Waals surface area contributed by atoms with Gasteiger partial charge in [-0.25, -0.2) is 18.5 Å². The van der Waals surface area contributed by atoms with Crippen molar-refractivity contribution >= 4 is 21.4 Å². The second-order valence-corrected chi connectivity index (χ2v) is 6.80. The van der Waals surface area contributed by atoms with Crippen LogP contribution in [0.5, 0.6) is 0 Å². The fraction of sp³-hybridized carbons (Fsp3) is 0.308. The molecular formula is C13H17N3O2S2. The number of rotatable bonds is 6. The monoisotopic (exact) mass is 311 g/mol. The lowest BCUT2D eigenvalue weighted by atomic mass is 10.1. The number of nitrogens with two attached hydrogens (primary N) is 1. The van der Waals surface area contributed by atoms with E-state index in [0.717, 1.165) is 24.2 Å². The van der Waals surface area contributed by atoms with Gasteiger partial charge in [0.2, 0.25) is 10.0 Å². The van der Waals surface area contributed by atoms with Crippen molar-refractivity contribution in [2.24, 2.45) is 5.14 Å². The Balaban J connectivity index is 1.97. The number of hydrogen-bond acceptors (Lipinski definition) is 5. The number of sulfonamides is 1. The Morgan fingerprint density at radius 1 is 1.45 bits per heavy atom. The van der Waals surface area contributed by atoms with Crippen LogP contribution < -0.4 is 10.5 Å². The fourth-order valence-electron chi connectivity index (χ4n) is 1.86. The zero-order valence-corrected chi connectivity index (χ0v) is 12.7. The first-order valence-corrected chi connectivity index (χ1v) is 8.69. The van der Waals surface area contributed by atoms with E-state index in [2.05, 4.69) is 10.3 Å². The highest BCUT2D eigenvalue weighted by molar-refractivity contribution is 7.89. The molecule has 20 heavy (non-hydrogen) atoms. The minimum Gasteiger partial charge on any atom is -0.310 e. The van der Waals surface area contributed by atoms with Gasteiger partial charge in [-0.2, -0.15) is 0 Å². The maximum atomic E-state index is 11.3. The van der Waals surface area contributed by atoms with Crippen molar-refractivity contribution in [3.05, 3.63) is 46.4 Å². The molecule has 0 bridgehead atoms. The van der Waals surface area contributed by atoms with Gasteiger partial charge in [0.05, 0.1) is 16.1 Å². The minimum atomic E-state index is -3.65. The average Bonchev–Trinajstić information content (AvgIpc) is 2.91. The Bertz CT molecular complexity index is 654. The van der Waals surface area contributed by atoms with Gasteiger partial charge in [0, 0.05) is 24.4 Å². The molecule has 1 heterocycles. The molecule has 1 atom stereocenters. The minimum absolute atomic E-state index is 0.0512. The van der Waals surface area contributed by atoms with Crippen LogP contribution in [0.3, 0.4) is 0 Å². The lowest BCUT2D eigenvalue weighted by Crippen LogP contribution is -2.22. The zero-order chi connectivity index (χ0) is 14.6. The summed E-state index contributed by atoms with van der Waals surface area (Å²) in [5.41, 5.74) is 3.77. The van der Waals surface area contributed by atoms with Crippen molar-refractivity contribution in [1.29, 1.82) is 0 Å². The topological polar surface area (TPSA) is 85.1 Å². The van der Waals surface area contributed by atoms with Crippen LogP contribution in [0.15, 0.2) is 40.1 Å². The number of hydrogen-bond donors (Lipinski definition) is 2. The smallest absolute Gasteiger partial charge is 0.238 e. The Hall–Kier alpha value is -1.28. The molecule has 0 aliphatic rings. The highest BCUT2D eigenvalue weighted by Crippen LogP contribution is 2.16. The molecule has 7 heteroatoms. The summed E-state index contributed by atoms with van der Waals surface area (Å²) in [7, 11) is -3.65. The Morgan fingerprint density at radius 2 is 2.25 bits per heavy atom. The second-order valence-electron chi connectivity index (χ2n) is 4.52. The van der Waals surface area contributed by atoms with Crippen LogP contribution in [0.1, 0.15) is 24.2 Å². The summed E-state index contributed by atoms with van der Waals surface area (Å²) < 4.78 is 22.7. The molecule has 1 aromatic heterocycles. The van der Waals surface area contributed by atoms with Crippen molar-refractivity contribution < 1.29 is 8.42 Å². The molecule has 0 spiro atoms. The quantitative estimate of drug-likeness (QED) is 0.850. The van der Waals surface area contributed by atoms with Gasteiger partial charge in [-0.3, -0.25) is 0 Å². The summed E-state index contributed by atoms with van der Waals surface area (Å²) in [5, 5.41) is 10.5. The third-order valence-corrected chi connectivity index (χ3v) is 4.55. The highest BCUT2D eigenvalue weighted by Gasteiger charge is 2.11. The third-order valence-electron chi connectivity index (χ3n) is 3.00. The lowest BCUT2D eigenvalue weighted by Gasteiger charge is -2.14. The third kappa shape index (κ3) is 4.11. The van der Waals surface area contributed by atoms with Crippen LogP contribution in [0.25, 0.3) is 0 Å². The summed E-state index contributed by atoms with van der Waals surface area (Å²) in [6, 6.07) is 6.75.